The van der Waals surface area contributed by atoms with E-state index in [1.165, 1.54) is 12.1 Å². The van der Waals surface area contributed by atoms with E-state index in [2.05, 4.69) is 50.1 Å². The third-order valence-corrected chi connectivity index (χ3v) is 3.88. The number of halogens is 2. The van der Waals surface area contributed by atoms with Gasteiger partial charge < -0.3 is 10.6 Å². The number of anilines is 3. The van der Waals surface area contributed by atoms with E-state index in [0.717, 1.165) is 39.4 Å². The van der Waals surface area contributed by atoms with E-state index in [-0.39, 0.29) is 5.82 Å². The Hall–Kier alpha value is -1.44. The Morgan fingerprint density at radius 2 is 1.90 bits per heavy atom. The van der Waals surface area contributed by atoms with Crippen LogP contribution in [0.5, 0.6) is 0 Å². The molecule has 0 aliphatic carbocycles. The average Bonchev–Trinajstić information content (AvgIpc) is 2.43. The highest BCUT2D eigenvalue weighted by Crippen LogP contribution is 2.26. The molecular formula is C15H18FIN4. The number of nitrogens with zero attached hydrogens (tertiary/aromatic N) is 2. The molecule has 0 radical (unpaired) electrons. The fourth-order valence-electron chi connectivity index (χ4n) is 1.88. The second kappa shape index (κ2) is 7.02. The topological polar surface area (TPSA) is 49.8 Å². The molecule has 0 saturated carbocycles. The Bertz CT molecular complexity index is 646. The molecule has 0 unspecified atom stereocenters. The molecule has 0 saturated heterocycles. The minimum atomic E-state index is -0.245. The summed E-state index contributed by atoms with van der Waals surface area (Å²) in [5.41, 5.74) is 1.79. The fourth-order valence-corrected chi connectivity index (χ4v) is 2.50. The molecule has 0 fully saturated rings. The van der Waals surface area contributed by atoms with Crippen molar-refractivity contribution in [2.45, 2.75) is 27.2 Å². The van der Waals surface area contributed by atoms with E-state index in [1.807, 2.05) is 13.8 Å². The van der Waals surface area contributed by atoms with Crippen molar-refractivity contribution in [3.63, 3.8) is 0 Å². The molecule has 2 rings (SSSR count). The SMILES string of the molecule is CCCNc1nc(C)nc(Nc2ccc(F)cc2I)c1C. The van der Waals surface area contributed by atoms with Crippen LogP contribution in [-0.2, 0) is 0 Å². The normalized spacial score (nSPS) is 10.5. The second-order valence-electron chi connectivity index (χ2n) is 4.77. The van der Waals surface area contributed by atoms with Crippen molar-refractivity contribution in [3.05, 3.63) is 39.0 Å². The van der Waals surface area contributed by atoms with Gasteiger partial charge in [-0.25, -0.2) is 14.4 Å². The van der Waals surface area contributed by atoms with Gasteiger partial charge in [0.1, 0.15) is 23.3 Å². The molecule has 1 aromatic heterocycles. The zero-order valence-electron chi connectivity index (χ0n) is 12.3. The molecule has 2 N–H and O–H groups in total. The Balaban J connectivity index is 2.32. The molecule has 6 heteroatoms. The van der Waals surface area contributed by atoms with Gasteiger partial charge in [0.05, 0.1) is 5.69 Å². The van der Waals surface area contributed by atoms with Crippen LogP contribution < -0.4 is 10.6 Å². The highest BCUT2D eigenvalue weighted by atomic mass is 127. The maximum absolute atomic E-state index is 13.2. The van der Waals surface area contributed by atoms with Crippen LogP contribution in [0.15, 0.2) is 18.2 Å². The molecule has 0 aliphatic heterocycles. The predicted molar refractivity (Wildman–Crippen MR) is 92.7 cm³/mol. The number of nitrogens with one attached hydrogen (secondary N) is 2. The molecule has 112 valence electrons. The zero-order chi connectivity index (χ0) is 15.4. The molecule has 1 heterocycles. The average molecular weight is 400 g/mol. The van der Waals surface area contributed by atoms with Crippen molar-refractivity contribution >= 4 is 39.9 Å². The lowest BCUT2D eigenvalue weighted by atomic mass is 10.2. The summed E-state index contributed by atoms with van der Waals surface area (Å²) in [5, 5.41) is 6.56. The summed E-state index contributed by atoms with van der Waals surface area (Å²) in [6.45, 7) is 6.80. The molecule has 0 atom stereocenters. The number of hydrogen-bond acceptors (Lipinski definition) is 4. The van der Waals surface area contributed by atoms with Crippen molar-refractivity contribution in [2.75, 3.05) is 17.2 Å². The summed E-state index contributed by atoms with van der Waals surface area (Å²) >= 11 is 2.10. The van der Waals surface area contributed by atoms with E-state index in [4.69, 9.17) is 0 Å². The first-order chi connectivity index (χ1) is 10.0. The summed E-state index contributed by atoms with van der Waals surface area (Å²) in [6, 6.07) is 4.64. The van der Waals surface area contributed by atoms with Gasteiger partial charge in [0, 0.05) is 15.7 Å². The molecule has 1 aromatic carbocycles. The van der Waals surface area contributed by atoms with Crippen LogP contribution in [0.2, 0.25) is 0 Å². The van der Waals surface area contributed by atoms with Crippen LogP contribution >= 0.6 is 22.6 Å². The number of hydrogen-bond donors (Lipinski definition) is 2. The second-order valence-corrected chi connectivity index (χ2v) is 5.93. The first kappa shape index (κ1) is 15.9. The monoisotopic (exact) mass is 400 g/mol. The minimum absolute atomic E-state index is 0.245. The first-order valence-corrected chi connectivity index (χ1v) is 7.90. The highest BCUT2D eigenvalue weighted by Gasteiger charge is 2.10. The predicted octanol–water partition coefficient (Wildman–Crippen LogP) is 4.40. The van der Waals surface area contributed by atoms with Gasteiger partial charge in [-0.2, -0.15) is 0 Å². The van der Waals surface area contributed by atoms with Crippen molar-refractivity contribution in [1.29, 1.82) is 0 Å². The third-order valence-electron chi connectivity index (χ3n) is 2.98. The van der Waals surface area contributed by atoms with E-state index < -0.39 is 0 Å². The van der Waals surface area contributed by atoms with Gasteiger partial charge >= 0.3 is 0 Å². The van der Waals surface area contributed by atoms with Crippen LogP contribution in [0.3, 0.4) is 0 Å². The minimum Gasteiger partial charge on any atom is -0.370 e. The van der Waals surface area contributed by atoms with Gasteiger partial charge in [-0.15, -0.1) is 0 Å². The Labute approximate surface area is 137 Å². The zero-order valence-corrected chi connectivity index (χ0v) is 14.5. The van der Waals surface area contributed by atoms with Crippen LogP contribution in [0, 0.1) is 23.2 Å². The van der Waals surface area contributed by atoms with Crippen LogP contribution in [0.4, 0.5) is 21.7 Å². The number of aryl methyl sites for hydroxylation is 1. The summed E-state index contributed by atoms with van der Waals surface area (Å²) in [4.78, 5) is 8.87. The molecule has 0 spiro atoms. The summed E-state index contributed by atoms with van der Waals surface area (Å²) in [5.74, 6) is 2.03. The lowest BCUT2D eigenvalue weighted by Crippen LogP contribution is -2.09. The van der Waals surface area contributed by atoms with Crippen molar-refractivity contribution < 1.29 is 4.39 Å². The number of rotatable bonds is 5. The molecule has 0 amide bonds. The Morgan fingerprint density at radius 1 is 1.19 bits per heavy atom. The van der Waals surface area contributed by atoms with Crippen LogP contribution in [-0.4, -0.2) is 16.5 Å². The van der Waals surface area contributed by atoms with E-state index in [0.29, 0.717) is 5.82 Å². The molecule has 4 nitrogen and oxygen atoms in total. The quantitative estimate of drug-likeness (QED) is 0.731. The van der Waals surface area contributed by atoms with E-state index >= 15 is 0 Å². The first-order valence-electron chi connectivity index (χ1n) is 6.82. The van der Waals surface area contributed by atoms with E-state index in [1.54, 1.807) is 6.07 Å². The highest BCUT2D eigenvalue weighted by molar-refractivity contribution is 14.1. The van der Waals surface area contributed by atoms with Crippen LogP contribution in [0.25, 0.3) is 0 Å². The van der Waals surface area contributed by atoms with E-state index in [9.17, 15) is 4.39 Å². The molecule has 2 aromatic rings. The number of benzene rings is 1. The van der Waals surface area contributed by atoms with Gasteiger partial charge in [-0.05, 0) is 61.1 Å². The van der Waals surface area contributed by atoms with Crippen molar-refractivity contribution in [3.8, 4) is 0 Å². The van der Waals surface area contributed by atoms with Crippen molar-refractivity contribution in [2.24, 2.45) is 0 Å². The lowest BCUT2D eigenvalue weighted by Gasteiger charge is -2.14. The molecular weight excluding hydrogens is 382 g/mol. The maximum atomic E-state index is 13.2. The smallest absolute Gasteiger partial charge is 0.139 e. The third kappa shape index (κ3) is 4.03. The lowest BCUT2D eigenvalue weighted by molar-refractivity contribution is 0.627. The summed E-state index contributed by atoms with van der Waals surface area (Å²) in [6.07, 6.45) is 1.03. The Morgan fingerprint density at radius 3 is 2.57 bits per heavy atom. The van der Waals surface area contributed by atoms with Crippen LogP contribution in [0.1, 0.15) is 24.7 Å². The standard InChI is InChI=1S/C15H18FIN4/c1-4-7-18-14-9(2)15(20-10(3)19-14)21-13-6-5-11(16)8-12(13)17/h5-6,8H,4,7H2,1-3H3,(H2,18,19,20,21). The fraction of sp³-hybridized carbons (Fsp3) is 0.333. The molecule has 21 heavy (non-hydrogen) atoms. The summed E-state index contributed by atoms with van der Waals surface area (Å²) in [7, 11) is 0. The van der Waals surface area contributed by atoms with Crippen molar-refractivity contribution in [1.82, 2.24) is 9.97 Å². The summed E-state index contributed by atoms with van der Waals surface area (Å²) < 4.78 is 14.0. The van der Waals surface area contributed by atoms with Gasteiger partial charge in [-0.1, -0.05) is 6.92 Å². The Kier molecular flexibility index (Phi) is 5.33. The van der Waals surface area contributed by atoms with Gasteiger partial charge in [0.25, 0.3) is 0 Å². The maximum Gasteiger partial charge on any atom is 0.139 e. The molecule has 0 aliphatic rings. The number of aromatic nitrogens is 2. The van der Waals surface area contributed by atoms with Gasteiger partial charge in [0.15, 0.2) is 0 Å². The van der Waals surface area contributed by atoms with Gasteiger partial charge in [-0.3, -0.25) is 0 Å². The molecule has 0 bridgehead atoms. The van der Waals surface area contributed by atoms with Gasteiger partial charge in [0.2, 0.25) is 0 Å². The largest absolute Gasteiger partial charge is 0.370 e.